The average molecular weight is 365 g/mol. The van der Waals surface area contributed by atoms with Gasteiger partial charge in [0, 0.05) is 12.3 Å². The fourth-order valence-corrected chi connectivity index (χ4v) is 2.20. The zero-order valence-corrected chi connectivity index (χ0v) is 16.7. The number of rotatable bonds is 10. The Bertz CT molecular complexity index is 616. The second-order valence-electron chi connectivity index (χ2n) is 6.43. The molecule has 0 heterocycles. The summed E-state index contributed by atoms with van der Waals surface area (Å²) in [5.41, 5.74) is -0.155. The van der Waals surface area contributed by atoms with Crippen molar-refractivity contribution in [3.05, 3.63) is 23.8 Å². The molecule has 0 saturated heterocycles. The lowest BCUT2D eigenvalue weighted by Crippen LogP contribution is -2.42. The Morgan fingerprint density at radius 3 is 2.46 bits per heavy atom. The van der Waals surface area contributed by atoms with Gasteiger partial charge in [-0.3, -0.25) is 4.79 Å². The molecule has 0 aromatic heterocycles. The third-order valence-electron chi connectivity index (χ3n) is 4.33. The van der Waals surface area contributed by atoms with Crippen LogP contribution in [-0.4, -0.2) is 37.3 Å². The topological polar surface area (TPSA) is 73.9 Å². The summed E-state index contributed by atoms with van der Waals surface area (Å²) in [4.78, 5) is 24.7. The minimum absolute atomic E-state index is 0.0373. The molecule has 0 unspecified atom stereocenters. The van der Waals surface area contributed by atoms with E-state index in [4.69, 9.17) is 14.2 Å². The molecule has 1 aromatic carbocycles. The highest BCUT2D eigenvalue weighted by atomic mass is 16.5. The Hall–Kier alpha value is -2.08. The Labute approximate surface area is 156 Å². The number of hydrogen-bond donors (Lipinski definition) is 1. The molecule has 0 fully saturated rings. The van der Waals surface area contributed by atoms with Crippen LogP contribution < -0.4 is 10.1 Å². The number of methoxy groups -OCH3 is 1. The van der Waals surface area contributed by atoms with E-state index in [0.717, 1.165) is 12.8 Å². The van der Waals surface area contributed by atoms with E-state index in [1.807, 2.05) is 27.7 Å². The molecule has 0 bridgehead atoms. The summed E-state index contributed by atoms with van der Waals surface area (Å²) in [7, 11) is 1.31. The van der Waals surface area contributed by atoms with Crippen molar-refractivity contribution in [2.24, 2.45) is 0 Å². The standard InChI is InChI=1S/C20H31NO5/c1-7-12-25-20(5,9-3)19(23)21-15-10-11-17(26-14(4)8-2)16(13-15)18(22)24-6/h10-11,13-14H,7-9,12H2,1-6H3,(H,21,23)/t14-,20-/m1/s1. The molecule has 0 aliphatic carbocycles. The van der Waals surface area contributed by atoms with Crippen molar-refractivity contribution >= 4 is 17.6 Å². The molecule has 0 radical (unpaired) electrons. The molecular weight excluding hydrogens is 334 g/mol. The number of carbonyl (C=O) groups is 2. The van der Waals surface area contributed by atoms with Crippen LogP contribution in [0.5, 0.6) is 5.75 Å². The molecule has 6 heteroatoms. The summed E-state index contributed by atoms with van der Waals surface area (Å²) in [6.45, 7) is 10.1. The number of amides is 1. The largest absolute Gasteiger partial charge is 0.490 e. The summed E-state index contributed by atoms with van der Waals surface area (Å²) in [5.74, 6) is -0.329. The third kappa shape index (κ3) is 5.73. The molecule has 0 aliphatic heterocycles. The number of esters is 1. The predicted molar refractivity (Wildman–Crippen MR) is 102 cm³/mol. The molecule has 0 aliphatic rings. The van der Waals surface area contributed by atoms with Crippen molar-refractivity contribution in [2.45, 2.75) is 65.6 Å². The lowest BCUT2D eigenvalue weighted by molar-refractivity contribution is -0.139. The van der Waals surface area contributed by atoms with Crippen LogP contribution in [0, 0.1) is 0 Å². The van der Waals surface area contributed by atoms with Gasteiger partial charge in [-0.25, -0.2) is 4.79 Å². The molecule has 146 valence electrons. The summed E-state index contributed by atoms with van der Waals surface area (Å²) in [6.07, 6.45) is 2.14. The van der Waals surface area contributed by atoms with Crippen LogP contribution in [-0.2, 0) is 14.3 Å². The summed E-state index contributed by atoms with van der Waals surface area (Å²) < 4.78 is 16.3. The first-order chi connectivity index (χ1) is 12.3. The molecule has 26 heavy (non-hydrogen) atoms. The molecule has 1 amide bonds. The third-order valence-corrected chi connectivity index (χ3v) is 4.33. The van der Waals surface area contributed by atoms with E-state index >= 15 is 0 Å². The minimum atomic E-state index is -0.923. The monoisotopic (exact) mass is 365 g/mol. The highest BCUT2D eigenvalue weighted by Gasteiger charge is 2.32. The van der Waals surface area contributed by atoms with E-state index < -0.39 is 11.6 Å². The van der Waals surface area contributed by atoms with Gasteiger partial charge < -0.3 is 19.5 Å². The Morgan fingerprint density at radius 1 is 1.23 bits per heavy atom. The van der Waals surface area contributed by atoms with Gasteiger partial charge in [0.25, 0.3) is 5.91 Å². The highest BCUT2D eigenvalue weighted by molar-refractivity contribution is 5.99. The van der Waals surface area contributed by atoms with Gasteiger partial charge in [-0.2, -0.15) is 0 Å². The van der Waals surface area contributed by atoms with Gasteiger partial charge in [0.15, 0.2) is 0 Å². The van der Waals surface area contributed by atoms with Crippen molar-refractivity contribution in [2.75, 3.05) is 19.0 Å². The number of nitrogens with one attached hydrogen (secondary N) is 1. The van der Waals surface area contributed by atoms with Gasteiger partial charge in [0.05, 0.1) is 13.2 Å². The zero-order chi connectivity index (χ0) is 19.7. The quantitative estimate of drug-likeness (QED) is 0.630. The number of anilines is 1. The van der Waals surface area contributed by atoms with Crippen LogP contribution in [0.2, 0.25) is 0 Å². The van der Waals surface area contributed by atoms with E-state index in [2.05, 4.69) is 5.32 Å². The molecule has 0 saturated carbocycles. The molecular formula is C20H31NO5. The smallest absolute Gasteiger partial charge is 0.341 e. The Kier molecular flexibility index (Phi) is 8.58. The van der Waals surface area contributed by atoms with Crippen molar-refractivity contribution in [3.63, 3.8) is 0 Å². The van der Waals surface area contributed by atoms with E-state index in [-0.39, 0.29) is 17.6 Å². The number of ether oxygens (including phenoxy) is 3. The Balaban J connectivity index is 3.06. The lowest BCUT2D eigenvalue weighted by Gasteiger charge is -2.27. The second kappa shape index (κ2) is 10.2. The van der Waals surface area contributed by atoms with Gasteiger partial charge >= 0.3 is 5.97 Å². The van der Waals surface area contributed by atoms with Crippen LogP contribution >= 0.6 is 0 Å². The lowest BCUT2D eigenvalue weighted by atomic mass is 10.0. The molecule has 1 aromatic rings. The fourth-order valence-electron chi connectivity index (χ4n) is 2.20. The molecule has 6 nitrogen and oxygen atoms in total. The van der Waals surface area contributed by atoms with E-state index in [0.29, 0.717) is 24.5 Å². The maximum absolute atomic E-state index is 12.6. The van der Waals surface area contributed by atoms with Crippen LogP contribution in [0.4, 0.5) is 5.69 Å². The van der Waals surface area contributed by atoms with Gasteiger partial charge in [0.1, 0.15) is 16.9 Å². The van der Waals surface area contributed by atoms with Crippen LogP contribution in [0.3, 0.4) is 0 Å². The highest BCUT2D eigenvalue weighted by Crippen LogP contribution is 2.26. The van der Waals surface area contributed by atoms with Gasteiger partial charge in [0.2, 0.25) is 0 Å². The summed E-state index contributed by atoms with van der Waals surface area (Å²) >= 11 is 0. The SMILES string of the molecule is CCCO[C@](C)(CC)C(=O)Nc1ccc(O[C@H](C)CC)c(C(=O)OC)c1. The van der Waals surface area contributed by atoms with Gasteiger partial charge in [-0.15, -0.1) is 0 Å². The van der Waals surface area contributed by atoms with Gasteiger partial charge in [-0.05, 0) is 51.3 Å². The van der Waals surface area contributed by atoms with Crippen LogP contribution in [0.25, 0.3) is 0 Å². The predicted octanol–water partition coefficient (Wildman–Crippen LogP) is 4.18. The number of carbonyl (C=O) groups excluding carboxylic acids is 2. The maximum Gasteiger partial charge on any atom is 0.341 e. The zero-order valence-electron chi connectivity index (χ0n) is 16.7. The first-order valence-electron chi connectivity index (χ1n) is 9.15. The van der Waals surface area contributed by atoms with Crippen molar-refractivity contribution in [1.82, 2.24) is 0 Å². The summed E-state index contributed by atoms with van der Waals surface area (Å²) in [6, 6.07) is 4.94. The van der Waals surface area contributed by atoms with Crippen LogP contribution in [0.15, 0.2) is 18.2 Å². The first kappa shape index (κ1) is 22.0. The number of benzene rings is 1. The van der Waals surface area contributed by atoms with Crippen LogP contribution in [0.1, 0.15) is 64.2 Å². The second-order valence-corrected chi connectivity index (χ2v) is 6.43. The van der Waals surface area contributed by atoms with E-state index in [1.54, 1.807) is 25.1 Å². The Morgan fingerprint density at radius 2 is 1.92 bits per heavy atom. The molecule has 0 spiro atoms. The fraction of sp³-hybridized carbons (Fsp3) is 0.600. The normalized spacial score (nSPS) is 14.2. The average Bonchev–Trinajstić information content (AvgIpc) is 2.66. The first-order valence-corrected chi connectivity index (χ1v) is 9.15. The van der Waals surface area contributed by atoms with E-state index in [9.17, 15) is 9.59 Å². The number of hydrogen-bond acceptors (Lipinski definition) is 5. The van der Waals surface area contributed by atoms with Crippen molar-refractivity contribution in [3.8, 4) is 5.75 Å². The van der Waals surface area contributed by atoms with Crippen molar-refractivity contribution < 1.29 is 23.8 Å². The molecule has 1 rings (SSSR count). The van der Waals surface area contributed by atoms with Crippen molar-refractivity contribution in [1.29, 1.82) is 0 Å². The maximum atomic E-state index is 12.6. The van der Waals surface area contributed by atoms with E-state index in [1.165, 1.54) is 7.11 Å². The van der Waals surface area contributed by atoms with Gasteiger partial charge in [-0.1, -0.05) is 20.8 Å². The minimum Gasteiger partial charge on any atom is -0.490 e. The summed E-state index contributed by atoms with van der Waals surface area (Å²) in [5, 5.41) is 2.83. The molecule has 1 N–H and O–H groups in total. The molecule has 2 atom stereocenters.